The zero-order chi connectivity index (χ0) is 11.5. The predicted octanol–water partition coefficient (Wildman–Crippen LogP) is 1.99. The van der Waals surface area contributed by atoms with E-state index in [1.165, 1.54) is 45.2 Å². The van der Waals surface area contributed by atoms with Crippen LogP contribution < -0.4 is 4.90 Å². The third kappa shape index (κ3) is 2.60. The number of rotatable bonds is 2. The number of piperidine rings is 2. The summed E-state index contributed by atoms with van der Waals surface area (Å²) in [6.07, 6.45) is 6.81. The molecule has 1 aromatic rings. The van der Waals surface area contributed by atoms with E-state index in [2.05, 4.69) is 20.0 Å². The molecule has 2 saturated heterocycles. The standard InChI is InChI=1S/C12H20N4S/c1-2-6-15(7-3-1)11-4-8-16(9-5-11)12-14-13-10-17-12/h10-11H,1-9H2. The Labute approximate surface area is 107 Å². The van der Waals surface area contributed by atoms with Crippen molar-refractivity contribution in [3.63, 3.8) is 0 Å². The molecule has 0 bridgehead atoms. The molecule has 2 fully saturated rings. The van der Waals surface area contributed by atoms with Gasteiger partial charge in [-0.2, -0.15) is 0 Å². The van der Waals surface area contributed by atoms with Gasteiger partial charge in [-0.15, -0.1) is 10.2 Å². The molecule has 3 heterocycles. The van der Waals surface area contributed by atoms with Crippen molar-refractivity contribution in [1.82, 2.24) is 15.1 Å². The van der Waals surface area contributed by atoms with Crippen molar-refractivity contribution < 1.29 is 0 Å². The van der Waals surface area contributed by atoms with E-state index in [-0.39, 0.29) is 0 Å². The summed E-state index contributed by atoms with van der Waals surface area (Å²) < 4.78 is 0. The summed E-state index contributed by atoms with van der Waals surface area (Å²) in [5.41, 5.74) is 1.83. The summed E-state index contributed by atoms with van der Waals surface area (Å²) in [5.74, 6) is 0. The average Bonchev–Trinajstić information content (AvgIpc) is 2.94. The van der Waals surface area contributed by atoms with E-state index in [0.29, 0.717) is 0 Å². The van der Waals surface area contributed by atoms with Crippen LogP contribution in [0.5, 0.6) is 0 Å². The third-order valence-corrected chi connectivity index (χ3v) is 4.74. The lowest BCUT2D eigenvalue weighted by Gasteiger charge is -2.40. The predicted molar refractivity (Wildman–Crippen MR) is 70.6 cm³/mol. The molecule has 0 aliphatic carbocycles. The van der Waals surface area contributed by atoms with Crippen LogP contribution in [0.1, 0.15) is 32.1 Å². The van der Waals surface area contributed by atoms with E-state index in [9.17, 15) is 0 Å². The monoisotopic (exact) mass is 252 g/mol. The lowest BCUT2D eigenvalue weighted by molar-refractivity contribution is 0.141. The Balaban J connectivity index is 1.53. The Kier molecular flexibility index (Phi) is 3.57. The van der Waals surface area contributed by atoms with Crippen LogP contribution in [0.4, 0.5) is 5.13 Å². The first-order chi connectivity index (χ1) is 8.43. The van der Waals surface area contributed by atoms with Gasteiger partial charge in [0.1, 0.15) is 5.51 Å². The highest BCUT2D eigenvalue weighted by Crippen LogP contribution is 2.25. The number of hydrogen-bond acceptors (Lipinski definition) is 5. The van der Waals surface area contributed by atoms with Crippen LogP contribution in [-0.4, -0.2) is 47.3 Å². The van der Waals surface area contributed by atoms with Gasteiger partial charge in [0.15, 0.2) is 0 Å². The van der Waals surface area contributed by atoms with Crippen molar-refractivity contribution in [1.29, 1.82) is 0 Å². The van der Waals surface area contributed by atoms with Gasteiger partial charge in [-0.05, 0) is 38.8 Å². The van der Waals surface area contributed by atoms with Crippen LogP contribution in [0.25, 0.3) is 0 Å². The molecule has 1 aromatic heterocycles. The van der Waals surface area contributed by atoms with Crippen molar-refractivity contribution >= 4 is 16.5 Å². The molecule has 0 amide bonds. The fraction of sp³-hybridized carbons (Fsp3) is 0.833. The molecule has 0 spiro atoms. The Morgan fingerprint density at radius 2 is 1.82 bits per heavy atom. The Morgan fingerprint density at radius 1 is 1.06 bits per heavy atom. The van der Waals surface area contributed by atoms with Gasteiger partial charge in [-0.25, -0.2) is 0 Å². The van der Waals surface area contributed by atoms with Gasteiger partial charge in [0.25, 0.3) is 0 Å². The quantitative estimate of drug-likeness (QED) is 0.806. The Hall–Kier alpha value is -0.680. The smallest absolute Gasteiger partial charge is 0.208 e. The highest BCUT2D eigenvalue weighted by atomic mass is 32.1. The molecule has 0 atom stereocenters. The minimum atomic E-state index is 0.819. The van der Waals surface area contributed by atoms with Crippen molar-refractivity contribution in [2.45, 2.75) is 38.1 Å². The molecule has 0 saturated carbocycles. The summed E-state index contributed by atoms with van der Waals surface area (Å²) in [6.45, 7) is 4.94. The van der Waals surface area contributed by atoms with Gasteiger partial charge in [0.05, 0.1) is 0 Å². The fourth-order valence-electron chi connectivity index (χ4n) is 3.01. The molecule has 2 aliphatic heterocycles. The number of anilines is 1. The molecule has 5 heteroatoms. The first kappa shape index (κ1) is 11.4. The number of aromatic nitrogens is 2. The van der Waals surface area contributed by atoms with Crippen LogP contribution in [0, 0.1) is 0 Å². The molecule has 0 N–H and O–H groups in total. The van der Waals surface area contributed by atoms with Crippen LogP contribution in [0.2, 0.25) is 0 Å². The van der Waals surface area contributed by atoms with Gasteiger partial charge < -0.3 is 9.80 Å². The fourth-order valence-corrected chi connectivity index (χ4v) is 3.63. The van der Waals surface area contributed by atoms with Crippen molar-refractivity contribution in [3.8, 4) is 0 Å². The normalized spacial score (nSPS) is 24.1. The molecule has 17 heavy (non-hydrogen) atoms. The minimum Gasteiger partial charge on any atom is -0.347 e. The van der Waals surface area contributed by atoms with Crippen LogP contribution in [0.15, 0.2) is 5.51 Å². The van der Waals surface area contributed by atoms with E-state index >= 15 is 0 Å². The highest BCUT2D eigenvalue weighted by molar-refractivity contribution is 7.13. The number of nitrogens with zero attached hydrogens (tertiary/aromatic N) is 4. The molecule has 0 radical (unpaired) electrons. The van der Waals surface area contributed by atoms with Crippen LogP contribution >= 0.6 is 11.3 Å². The minimum absolute atomic E-state index is 0.819. The lowest BCUT2D eigenvalue weighted by Crippen LogP contribution is -2.46. The molecule has 4 nitrogen and oxygen atoms in total. The summed E-state index contributed by atoms with van der Waals surface area (Å²) in [7, 11) is 0. The van der Waals surface area contributed by atoms with Gasteiger partial charge in [0.2, 0.25) is 5.13 Å². The zero-order valence-corrected chi connectivity index (χ0v) is 11.0. The summed E-state index contributed by atoms with van der Waals surface area (Å²) >= 11 is 1.66. The van der Waals surface area contributed by atoms with Crippen molar-refractivity contribution in [3.05, 3.63) is 5.51 Å². The molecule has 0 unspecified atom stereocenters. The van der Waals surface area contributed by atoms with Crippen LogP contribution in [-0.2, 0) is 0 Å². The maximum Gasteiger partial charge on any atom is 0.208 e. The summed E-state index contributed by atoms with van der Waals surface area (Å²) in [6, 6.07) is 0.819. The number of hydrogen-bond donors (Lipinski definition) is 0. The van der Waals surface area contributed by atoms with Crippen LogP contribution in [0.3, 0.4) is 0 Å². The Bertz CT molecular complexity index is 326. The zero-order valence-electron chi connectivity index (χ0n) is 10.2. The molecular formula is C12H20N4S. The molecular weight excluding hydrogens is 232 g/mol. The lowest BCUT2D eigenvalue weighted by atomic mass is 10.0. The number of likely N-dealkylation sites (tertiary alicyclic amines) is 1. The topological polar surface area (TPSA) is 32.3 Å². The molecule has 3 rings (SSSR count). The van der Waals surface area contributed by atoms with Gasteiger partial charge in [-0.3, -0.25) is 0 Å². The second-order valence-corrected chi connectivity index (χ2v) is 5.85. The third-order valence-electron chi connectivity index (χ3n) is 3.99. The molecule has 0 aromatic carbocycles. The van der Waals surface area contributed by atoms with Gasteiger partial charge in [0, 0.05) is 19.1 Å². The van der Waals surface area contributed by atoms with Crippen molar-refractivity contribution in [2.75, 3.05) is 31.1 Å². The van der Waals surface area contributed by atoms with Gasteiger partial charge >= 0.3 is 0 Å². The first-order valence-electron chi connectivity index (χ1n) is 6.68. The summed E-state index contributed by atoms with van der Waals surface area (Å²) in [4.78, 5) is 5.10. The maximum atomic E-state index is 4.16. The SMILES string of the molecule is c1nnc(N2CCC(N3CCCCC3)CC2)s1. The van der Waals surface area contributed by atoms with E-state index in [1.54, 1.807) is 11.3 Å². The maximum absolute atomic E-state index is 4.16. The second kappa shape index (κ2) is 5.31. The first-order valence-corrected chi connectivity index (χ1v) is 7.56. The highest BCUT2D eigenvalue weighted by Gasteiger charge is 2.26. The van der Waals surface area contributed by atoms with E-state index in [1.807, 2.05) is 5.51 Å². The van der Waals surface area contributed by atoms with E-state index in [4.69, 9.17) is 0 Å². The van der Waals surface area contributed by atoms with E-state index < -0.39 is 0 Å². The van der Waals surface area contributed by atoms with Gasteiger partial charge in [-0.1, -0.05) is 17.8 Å². The largest absolute Gasteiger partial charge is 0.347 e. The van der Waals surface area contributed by atoms with E-state index in [0.717, 1.165) is 24.3 Å². The molecule has 94 valence electrons. The Morgan fingerprint density at radius 3 is 2.47 bits per heavy atom. The van der Waals surface area contributed by atoms with Crippen molar-refractivity contribution in [2.24, 2.45) is 0 Å². The second-order valence-electron chi connectivity index (χ2n) is 5.04. The average molecular weight is 252 g/mol. The summed E-state index contributed by atoms with van der Waals surface area (Å²) in [5, 5.41) is 9.18. The molecule has 2 aliphatic rings.